The van der Waals surface area contributed by atoms with Crippen LogP contribution in [0.5, 0.6) is 0 Å². The molecule has 0 aliphatic heterocycles. The van der Waals surface area contributed by atoms with E-state index < -0.39 is 0 Å². The average molecular weight is 284 g/mol. The minimum absolute atomic E-state index is 0.679. The fourth-order valence-corrected chi connectivity index (χ4v) is 2.91. The number of benzene rings is 2. The molecule has 0 amide bonds. The average Bonchev–Trinajstić information content (AvgIpc) is 2.95. The molecule has 4 aromatic rings. The Morgan fingerprint density at radius 2 is 1.95 bits per heavy atom. The third kappa shape index (κ3) is 1.71. The molecule has 22 heavy (non-hydrogen) atoms. The summed E-state index contributed by atoms with van der Waals surface area (Å²) in [6.45, 7) is 1.96. The van der Waals surface area contributed by atoms with Crippen molar-refractivity contribution in [1.82, 2.24) is 4.98 Å². The van der Waals surface area contributed by atoms with E-state index in [4.69, 9.17) is 4.42 Å². The van der Waals surface area contributed by atoms with Crippen LogP contribution in [-0.4, -0.2) is 4.98 Å². The minimum atomic E-state index is 0.679. The standard InChI is InChI=1S/C19H12N2O/c1-12-13(11-20)8-9-17-18(12)15-6-4-5-14(19(15)22-17)16-7-2-3-10-21-16/h2-10H,1H3. The number of aryl methyl sites for hydroxylation is 1. The Balaban J connectivity index is 2.14. The van der Waals surface area contributed by atoms with Gasteiger partial charge in [-0.3, -0.25) is 4.98 Å². The van der Waals surface area contributed by atoms with Crippen LogP contribution in [0.3, 0.4) is 0 Å². The van der Waals surface area contributed by atoms with E-state index in [1.54, 1.807) is 12.3 Å². The Labute approximate surface area is 127 Å². The van der Waals surface area contributed by atoms with E-state index in [0.29, 0.717) is 5.56 Å². The van der Waals surface area contributed by atoms with E-state index in [2.05, 4.69) is 11.1 Å². The van der Waals surface area contributed by atoms with Crippen molar-refractivity contribution >= 4 is 21.9 Å². The number of furan rings is 1. The summed E-state index contributed by atoms with van der Waals surface area (Å²) in [5.74, 6) is 0. The first-order valence-electron chi connectivity index (χ1n) is 7.06. The molecule has 3 heteroatoms. The summed E-state index contributed by atoms with van der Waals surface area (Å²) >= 11 is 0. The summed E-state index contributed by atoms with van der Waals surface area (Å²) in [6, 6.07) is 17.8. The van der Waals surface area contributed by atoms with Crippen LogP contribution in [0.25, 0.3) is 33.2 Å². The first kappa shape index (κ1) is 12.6. The number of aromatic nitrogens is 1. The Morgan fingerprint density at radius 1 is 1.05 bits per heavy atom. The molecule has 0 unspecified atom stereocenters. The van der Waals surface area contributed by atoms with Gasteiger partial charge >= 0.3 is 0 Å². The van der Waals surface area contributed by atoms with Gasteiger partial charge in [0, 0.05) is 22.5 Å². The van der Waals surface area contributed by atoms with Gasteiger partial charge in [-0.15, -0.1) is 0 Å². The van der Waals surface area contributed by atoms with Crippen molar-refractivity contribution < 1.29 is 4.42 Å². The van der Waals surface area contributed by atoms with Gasteiger partial charge in [-0.25, -0.2) is 0 Å². The molecule has 104 valence electrons. The van der Waals surface area contributed by atoms with E-state index in [1.807, 2.05) is 49.4 Å². The van der Waals surface area contributed by atoms with Crippen LogP contribution >= 0.6 is 0 Å². The molecule has 0 spiro atoms. The normalized spacial score (nSPS) is 10.9. The Hall–Kier alpha value is -3.12. The second-order valence-corrected chi connectivity index (χ2v) is 5.22. The monoisotopic (exact) mass is 284 g/mol. The van der Waals surface area contributed by atoms with Crippen molar-refractivity contribution in [2.75, 3.05) is 0 Å². The number of hydrogen-bond acceptors (Lipinski definition) is 3. The van der Waals surface area contributed by atoms with E-state index in [1.165, 1.54) is 0 Å². The maximum absolute atomic E-state index is 9.23. The molecule has 0 saturated carbocycles. The number of nitrogens with zero attached hydrogens (tertiary/aromatic N) is 2. The second kappa shape index (κ2) is 4.71. The molecule has 3 nitrogen and oxygen atoms in total. The van der Waals surface area contributed by atoms with Crippen LogP contribution in [0.15, 0.2) is 59.1 Å². The fourth-order valence-electron chi connectivity index (χ4n) is 2.91. The first-order chi connectivity index (χ1) is 10.8. The van der Waals surface area contributed by atoms with Crippen molar-refractivity contribution in [3.63, 3.8) is 0 Å². The van der Waals surface area contributed by atoms with Crippen molar-refractivity contribution in [3.8, 4) is 17.3 Å². The van der Waals surface area contributed by atoms with E-state index in [9.17, 15) is 5.26 Å². The Bertz CT molecular complexity index is 1040. The highest BCUT2D eigenvalue weighted by atomic mass is 16.3. The molecule has 0 aliphatic carbocycles. The van der Waals surface area contributed by atoms with Gasteiger partial charge in [0.05, 0.1) is 17.3 Å². The number of pyridine rings is 1. The second-order valence-electron chi connectivity index (χ2n) is 5.22. The summed E-state index contributed by atoms with van der Waals surface area (Å²) in [7, 11) is 0. The number of hydrogen-bond donors (Lipinski definition) is 0. The van der Waals surface area contributed by atoms with Crippen molar-refractivity contribution in [2.24, 2.45) is 0 Å². The Kier molecular flexibility index (Phi) is 2.70. The molecular formula is C19H12N2O. The van der Waals surface area contributed by atoms with Crippen LogP contribution in [0.4, 0.5) is 0 Å². The van der Waals surface area contributed by atoms with Gasteiger partial charge in [-0.1, -0.05) is 18.2 Å². The third-order valence-electron chi connectivity index (χ3n) is 3.98. The van der Waals surface area contributed by atoms with Crippen molar-refractivity contribution in [2.45, 2.75) is 6.92 Å². The first-order valence-corrected chi connectivity index (χ1v) is 7.06. The van der Waals surface area contributed by atoms with Gasteiger partial charge in [0.25, 0.3) is 0 Å². The van der Waals surface area contributed by atoms with Crippen LogP contribution in [0.1, 0.15) is 11.1 Å². The number of nitriles is 1. The number of para-hydroxylation sites is 1. The predicted octanol–water partition coefficient (Wildman–Crippen LogP) is 4.83. The number of fused-ring (bicyclic) bond motifs is 3. The van der Waals surface area contributed by atoms with Gasteiger partial charge in [-0.2, -0.15) is 5.26 Å². The molecule has 2 aromatic heterocycles. The van der Waals surface area contributed by atoms with Crippen LogP contribution in [0, 0.1) is 18.3 Å². The van der Waals surface area contributed by atoms with E-state index >= 15 is 0 Å². The van der Waals surface area contributed by atoms with Gasteiger partial charge in [0.15, 0.2) is 0 Å². The molecule has 4 rings (SSSR count). The summed E-state index contributed by atoms with van der Waals surface area (Å²) in [5.41, 5.74) is 5.09. The third-order valence-corrected chi connectivity index (χ3v) is 3.98. The smallest absolute Gasteiger partial charge is 0.144 e. The van der Waals surface area contributed by atoms with Gasteiger partial charge in [0.2, 0.25) is 0 Å². The van der Waals surface area contributed by atoms with Crippen LogP contribution in [-0.2, 0) is 0 Å². The maximum atomic E-state index is 9.23. The van der Waals surface area contributed by atoms with Gasteiger partial charge in [-0.05, 0) is 42.8 Å². The van der Waals surface area contributed by atoms with Crippen LogP contribution in [0.2, 0.25) is 0 Å². The lowest BCUT2D eigenvalue weighted by Crippen LogP contribution is -1.83. The zero-order valence-corrected chi connectivity index (χ0v) is 12.0. The molecule has 2 aromatic carbocycles. The Morgan fingerprint density at radius 3 is 2.73 bits per heavy atom. The SMILES string of the molecule is Cc1c(C#N)ccc2oc3c(-c4ccccn4)cccc3c12. The van der Waals surface area contributed by atoms with E-state index in [0.717, 1.165) is 38.8 Å². The van der Waals surface area contributed by atoms with Gasteiger partial charge < -0.3 is 4.42 Å². The van der Waals surface area contributed by atoms with Gasteiger partial charge in [0.1, 0.15) is 11.2 Å². The summed E-state index contributed by atoms with van der Waals surface area (Å²) in [5, 5.41) is 11.3. The molecular weight excluding hydrogens is 272 g/mol. The summed E-state index contributed by atoms with van der Waals surface area (Å²) in [4.78, 5) is 4.41. The maximum Gasteiger partial charge on any atom is 0.144 e. The topological polar surface area (TPSA) is 49.8 Å². The number of rotatable bonds is 1. The zero-order chi connectivity index (χ0) is 15.1. The fraction of sp³-hybridized carbons (Fsp3) is 0.0526. The molecule has 0 aliphatic rings. The molecule has 0 atom stereocenters. The highest BCUT2D eigenvalue weighted by Crippen LogP contribution is 2.37. The summed E-state index contributed by atoms with van der Waals surface area (Å²) in [6.07, 6.45) is 1.77. The molecule has 0 fully saturated rings. The van der Waals surface area contributed by atoms with Crippen molar-refractivity contribution in [3.05, 3.63) is 65.9 Å². The quantitative estimate of drug-likeness (QED) is 0.503. The molecule has 2 heterocycles. The lowest BCUT2D eigenvalue weighted by Gasteiger charge is -2.01. The highest BCUT2D eigenvalue weighted by Gasteiger charge is 2.15. The molecule has 0 radical (unpaired) electrons. The van der Waals surface area contributed by atoms with Crippen molar-refractivity contribution in [1.29, 1.82) is 5.26 Å². The minimum Gasteiger partial charge on any atom is -0.455 e. The molecule has 0 saturated heterocycles. The summed E-state index contributed by atoms with van der Waals surface area (Å²) < 4.78 is 6.07. The predicted molar refractivity (Wildman–Crippen MR) is 86.4 cm³/mol. The zero-order valence-electron chi connectivity index (χ0n) is 12.0. The molecule has 0 bridgehead atoms. The highest BCUT2D eigenvalue weighted by molar-refractivity contribution is 6.11. The van der Waals surface area contributed by atoms with Crippen LogP contribution < -0.4 is 0 Å². The largest absolute Gasteiger partial charge is 0.455 e. The van der Waals surface area contributed by atoms with E-state index in [-0.39, 0.29) is 0 Å². The molecule has 0 N–H and O–H groups in total. The lowest BCUT2D eigenvalue weighted by atomic mass is 10.0. The lowest BCUT2D eigenvalue weighted by molar-refractivity contribution is 0.669.